The zero-order chi connectivity index (χ0) is 15.6. The molecule has 1 amide bonds. The Balaban J connectivity index is 2.42. The third kappa shape index (κ3) is 3.34. The molecule has 0 aliphatic heterocycles. The molecule has 2 rings (SSSR count). The second kappa shape index (κ2) is 6.15. The highest BCUT2D eigenvalue weighted by molar-refractivity contribution is 9.10. The van der Waals surface area contributed by atoms with E-state index in [2.05, 4.69) is 21.2 Å². The minimum absolute atomic E-state index is 0.0786. The number of rotatable bonds is 4. The number of carboxylic acid groups (broad SMARTS) is 1. The molecule has 0 heterocycles. The summed E-state index contributed by atoms with van der Waals surface area (Å²) in [6, 6.07) is 9.37. The molecule has 0 fully saturated rings. The van der Waals surface area contributed by atoms with Crippen molar-refractivity contribution in [2.45, 2.75) is 0 Å². The van der Waals surface area contributed by atoms with Crippen LogP contribution in [0.2, 0.25) is 5.02 Å². The van der Waals surface area contributed by atoms with Crippen molar-refractivity contribution in [3.8, 4) is 0 Å². The quantitative estimate of drug-likeness (QED) is 0.767. The van der Waals surface area contributed by atoms with Crippen LogP contribution in [-0.4, -0.2) is 17.0 Å². The molecule has 0 saturated carbocycles. The van der Waals surface area contributed by atoms with Crippen LogP contribution in [0.4, 0.5) is 11.4 Å². The minimum atomic E-state index is -1.07. The Morgan fingerprint density at radius 1 is 1.19 bits per heavy atom. The first-order chi connectivity index (χ1) is 9.90. The number of benzene rings is 2. The third-order valence-corrected chi connectivity index (χ3v) is 3.72. The Kier molecular flexibility index (Phi) is 4.50. The van der Waals surface area contributed by atoms with Crippen LogP contribution in [0, 0.1) is 0 Å². The molecule has 0 saturated heterocycles. The van der Waals surface area contributed by atoms with Crippen LogP contribution in [0.5, 0.6) is 0 Å². The maximum absolute atomic E-state index is 11.5. The molecule has 0 radical (unpaired) electrons. The maximum atomic E-state index is 11.5. The normalized spacial score (nSPS) is 10.2. The molecule has 0 aliphatic rings. The van der Waals surface area contributed by atoms with E-state index in [-0.39, 0.29) is 16.1 Å². The SMILES string of the molecule is NC(=O)c1c(Br)cccc1Nc1ccc(C(=O)O)cc1Cl. The highest BCUT2D eigenvalue weighted by atomic mass is 79.9. The lowest BCUT2D eigenvalue weighted by Gasteiger charge is -2.13. The van der Waals surface area contributed by atoms with Crippen molar-refractivity contribution in [3.63, 3.8) is 0 Å². The van der Waals surface area contributed by atoms with Crippen molar-refractivity contribution >= 4 is 50.8 Å². The standard InChI is InChI=1S/C14H10BrClN2O3/c15-8-2-1-3-11(12(8)13(17)19)18-10-5-4-7(14(20)21)6-9(10)16/h1-6,18H,(H2,17,19)(H,20,21). The molecular weight excluding hydrogens is 360 g/mol. The van der Waals surface area contributed by atoms with Gasteiger partial charge >= 0.3 is 5.97 Å². The summed E-state index contributed by atoms with van der Waals surface area (Å²) in [7, 11) is 0. The Hall–Kier alpha value is -2.05. The van der Waals surface area contributed by atoms with E-state index >= 15 is 0 Å². The van der Waals surface area contributed by atoms with E-state index < -0.39 is 11.9 Å². The van der Waals surface area contributed by atoms with Crippen LogP contribution >= 0.6 is 27.5 Å². The van der Waals surface area contributed by atoms with Gasteiger partial charge in [-0.25, -0.2) is 4.79 Å². The Bertz CT molecular complexity index is 734. The molecule has 0 spiro atoms. The highest BCUT2D eigenvalue weighted by Crippen LogP contribution is 2.31. The van der Waals surface area contributed by atoms with Gasteiger partial charge in [0.05, 0.1) is 27.5 Å². The Labute approximate surface area is 133 Å². The fourth-order valence-electron chi connectivity index (χ4n) is 1.77. The molecule has 0 aliphatic carbocycles. The van der Waals surface area contributed by atoms with Crippen molar-refractivity contribution in [1.82, 2.24) is 0 Å². The largest absolute Gasteiger partial charge is 0.478 e. The fraction of sp³-hybridized carbons (Fsp3) is 0. The molecule has 0 aromatic heterocycles. The third-order valence-electron chi connectivity index (χ3n) is 2.75. The van der Waals surface area contributed by atoms with E-state index in [0.717, 1.165) is 0 Å². The number of halogens is 2. The number of primary amides is 1. The Morgan fingerprint density at radius 2 is 1.90 bits per heavy atom. The summed E-state index contributed by atoms with van der Waals surface area (Å²) >= 11 is 9.30. The first-order valence-electron chi connectivity index (χ1n) is 5.78. The lowest BCUT2D eigenvalue weighted by Crippen LogP contribution is -2.14. The number of hydrogen-bond donors (Lipinski definition) is 3. The van der Waals surface area contributed by atoms with E-state index in [1.165, 1.54) is 18.2 Å². The van der Waals surface area contributed by atoms with E-state index in [9.17, 15) is 9.59 Å². The van der Waals surface area contributed by atoms with Gasteiger partial charge in [-0.2, -0.15) is 0 Å². The molecular formula is C14H10BrClN2O3. The fourth-order valence-corrected chi connectivity index (χ4v) is 2.56. The van der Waals surface area contributed by atoms with Crippen molar-refractivity contribution < 1.29 is 14.7 Å². The average molecular weight is 370 g/mol. The summed E-state index contributed by atoms with van der Waals surface area (Å²) in [4.78, 5) is 22.4. The second-order valence-electron chi connectivity index (χ2n) is 4.15. The van der Waals surface area contributed by atoms with Gasteiger partial charge in [-0.3, -0.25) is 4.79 Å². The lowest BCUT2D eigenvalue weighted by molar-refractivity contribution is 0.0696. The number of amides is 1. The van der Waals surface area contributed by atoms with E-state index in [0.29, 0.717) is 15.8 Å². The number of aromatic carboxylic acids is 1. The van der Waals surface area contributed by atoms with Gasteiger partial charge in [-0.1, -0.05) is 17.7 Å². The van der Waals surface area contributed by atoms with Crippen molar-refractivity contribution in [1.29, 1.82) is 0 Å². The van der Waals surface area contributed by atoms with Crippen LogP contribution in [0.15, 0.2) is 40.9 Å². The van der Waals surface area contributed by atoms with E-state index in [1.807, 2.05) is 0 Å². The molecule has 0 bridgehead atoms. The number of carbonyl (C=O) groups is 2. The summed E-state index contributed by atoms with van der Waals surface area (Å²) in [5.41, 5.74) is 6.67. The minimum Gasteiger partial charge on any atom is -0.478 e. The summed E-state index contributed by atoms with van der Waals surface area (Å²) in [6.45, 7) is 0. The van der Waals surface area contributed by atoms with Crippen molar-refractivity contribution in [3.05, 3.63) is 57.0 Å². The van der Waals surface area contributed by atoms with Gasteiger partial charge in [0.2, 0.25) is 0 Å². The molecule has 0 unspecified atom stereocenters. The zero-order valence-electron chi connectivity index (χ0n) is 10.6. The molecule has 2 aromatic carbocycles. The molecule has 0 atom stereocenters. The molecule has 2 aromatic rings. The first kappa shape index (κ1) is 15.3. The van der Waals surface area contributed by atoms with Crippen molar-refractivity contribution in [2.75, 3.05) is 5.32 Å². The topological polar surface area (TPSA) is 92.4 Å². The number of nitrogens with two attached hydrogens (primary N) is 1. The predicted molar refractivity (Wildman–Crippen MR) is 84.4 cm³/mol. The van der Waals surface area contributed by atoms with Crippen LogP contribution < -0.4 is 11.1 Å². The zero-order valence-corrected chi connectivity index (χ0v) is 12.9. The number of anilines is 2. The smallest absolute Gasteiger partial charge is 0.335 e. The number of hydrogen-bond acceptors (Lipinski definition) is 3. The van der Waals surface area contributed by atoms with Gasteiger partial charge in [-0.15, -0.1) is 0 Å². The lowest BCUT2D eigenvalue weighted by atomic mass is 10.1. The van der Waals surface area contributed by atoms with Crippen LogP contribution in [0.3, 0.4) is 0 Å². The summed E-state index contributed by atoms with van der Waals surface area (Å²) in [5, 5.41) is 12.1. The van der Waals surface area contributed by atoms with Crippen molar-refractivity contribution in [2.24, 2.45) is 5.73 Å². The van der Waals surface area contributed by atoms with E-state index in [1.54, 1.807) is 18.2 Å². The van der Waals surface area contributed by atoms with Gasteiger partial charge in [-0.05, 0) is 46.3 Å². The summed E-state index contributed by atoms with van der Waals surface area (Å²) in [6.07, 6.45) is 0. The molecule has 21 heavy (non-hydrogen) atoms. The predicted octanol–water partition coefficient (Wildman–Crippen LogP) is 3.64. The highest BCUT2D eigenvalue weighted by Gasteiger charge is 2.14. The molecule has 4 N–H and O–H groups in total. The number of nitrogens with one attached hydrogen (secondary N) is 1. The van der Waals surface area contributed by atoms with Crippen LogP contribution in [0.25, 0.3) is 0 Å². The van der Waals surface area contributed by atoms with Gasteiger partial charge in [0, 0.05) is 4.47 Å². The van der Waals surface area contributed by atoms with Gasteiger partial charge in [0.1, 0.15) is 0 Å². The van der Waals surface area contributed by atoms with Crippen LogP contribution in [0.1, 0.15) is 20.7 Å². The number of carbonyl (C=O) groups excluding carboxylic acids is 1. The van der Waals surface area contributed by atoms with Crippen LogP contribution in [-0.2, 0) is 0 Å². The second-order valence-corrected chi connectivity index (χ2v) is 5.41. The molecule has 5 nitrogen and oxygen atoms in total. The van der Waals surface area contributed by atoms with Gasteiger partial charge in [0.25, 0.3) is 5.91 Å². The first-order valence-corrected chi connectivity index (χ1v) is 6.95. The van der Waals surface area contributed by atoms with Gasteiger partial charge < -0.3 is 16.2 Å². The monoisotopic (exact) mass is 368 g/mol. The average Bonchev–Trinajstić information content (AvgIpc) is 2.40. The number of carboxylic acids is 1. The van der Waals surface area contributed by atoms with Gasteiger partial charge in [0.15, 0.2) is 0 Å². The molecule has 108 valence electrons. The Morgan fingerprint density at radius 3 is 2.48 bits per heavy atom. The summed E-state index contributed by atoms with van der Waals surface area (Å²) in [5.74, 6) is -1.66. The molecule has 7 heteroatoms. The maximum Gasteiger partial charge on any atom is 0.335 e. The summed E-state index contributed by atoms with van der Waals surface area (Å²) < 4.78 is 0.554. The van der Waals surface area contributed by atoms with E-state index in [4.69, 9.17) is 22.4 Å².